The van der Waals surface area contributed by atoms with E-state index in [2.05, 4.69) is 20.5 Å². The van der Waals surface area contributed by atoms with Crippen LogP contribution in [0.25, 0.3) is 22.2 Å². The number of carbonyl (C=O) groups excluding carboxylic acids is 2. The van der Waals surface area contributed by atoms with E-state index < -0.39 is 0 Å². The lowest BCUT2D eigenvalue weighted by atomic mass is 9.95. The summed E-state index contributed by atoms with van der Waals surface area (Å²) in [4.78, 5) is 34.9. The maximum absolute atomic E-state index is 14.9. The van der Waals surface area contributed by atoms with E-state index in [0.717, 1.165) is 48.1 Å². The number of benzene rings is 2. The second kappa shape index (κ2) is 11.7. The number of pyridine rings is 1. The van der Waals surface area contributed by atoms with Gasteiger partial charge in [0.2, 0.25) is 5.91 Å². The van der Waals surface area contributed by atoms with Gasteiger partial charge in [-0.2, -0.15) is 5.10 Å². The van der Waals surface area contributed by atoms with E-state index in [1.807, 2.05) is 34.1 Å². The molecule has 2 saturated heterocycles. The molecule has 0 unspecified atom stereocenters. The van der Waals surface area contributed by atoms with E-state index in [-0.39, 0.29) is 36.3 Å². The van der Waals surface area contributed by atoms with Crippen LogP contribution in [-0.2, 0) is 11.3 Å². The number of nitrogens with zero attached hydrogens (tertiary/aromatic N) is 4. The first-order valence-corrected chi connectivity index (χ1v) is 14.1. The minimum Gasteiger partial charge on any atom is -0.496 e. The summed E-state index contributed by atoms with van der Waals surface area (Å²) in [7, 11) is 1.52. The average Bonchev–Trinajstić information content (AvgIpc) is 3.69. The van der Waals surface area contributed by atoms with Crippen molar-refractivity contribution in [3.05, 3.63) is 77.9 Å². The lowest BCUT2D eigenvalue weighted by Crippen LogP contribution is -2.56. The molecule has 0 radical (unpaired) electrons. The number of likely N-dealkylation sites (tertiary alicyclic amines) is 2. The smallest absolute Gasteiger partial charge is 0.251 e. The molecule has 2 aromatic heterocycles. The van der Waals surface area contributed by atoms with Crippen molar-refractivity contribution in [1.29, 1.82) is 0 Å². The van der Waals surface area contributed by atoms with Gasteiger partial charge in [0.05, 0.1) is 18.7 Å². The fourth-order valence-corrected chi connectivity index (χ4v) is 6.00. The minimum absolute atomic E-state index is 0.0802. The van der Waals surface area contributed by atoms with Gasteiger partial charge in [-0.25, -0.2) is 4.39 Å². The Morgan fingerprint density at radius 3 is 2.68 bits per heavy atom. The highest BCUT2D eigenvalue weighted by Crippen LogP contribution is 2.30. The maximum Gasteiger partial charge on any atom is 0.251 e. The van der Waals surface area contributed by atoms with Crippen molar-refractivity contribution in [2.45, 2.75) is 44.3 Å². The summed E-state index contributed by atoms with van der Waals surface area (Å²) in [5.41, 5.74) is 3.42. The van der Waals surface area contributed by atoms with Crippen molar-refractivity contribution in [3.63, 3.8) is 0 Å². The Labute approximate surface area is 237 Å². The molecule has 0 aliphatic carbocycles. The van der Waals surface area contributed by atoms with Crippen LogP contribution in [0.1, 0.15) is 41.6 Å². The summed E-state index contributed by atoms with van der Waals surface area (Å²) in [5.74, 6) is -0.0496. The highest BCUT2D eigenvalue weighted by atomic mass is 19.1. The largest absolute Gasteiger partial charge is 0.496 e. The van der Waals surface area contributed by atoms with Crippen molar-refractivity contribution < 1.29 is 18.7 Å². The lowest BCUT2D eigenvalue weighted by molar-refractivity contribution is -0.137. The summed E-state index contributed by atoms with van der Waals surface area (Å²) in [6.07, 6.45) is 6.64. The van der Waals surface area contributed by atoms with Crippen LogP contribution in [-0.4, -0.2) is 75.6 Å². The molecular formula is C31H33FN6O3. The Hall–Kier alpha value is -4.31. The molecule has 2 aliphatic rings. The number of amides is 2. The number of ether oxygens (including phenoxy) is 1. The van der Waals surface area contributed by atoms with Gasteiger partial charge in [0.15, 0.2) is 0 Å². The Kier molecular flexibility index (Phi) is 7.65. The van der Waals surface area contributed by atoms with Crippen LogP contribution in [0, 0.1) is 5.82 Å². The molecule has 0 spiro atoms. The van der Waals surface area contributed by atoms with Crippen LogP contribution < -0.4 is 10.1 Å². The molecule has 4 heterocycles. The molecule has 2 atom stereocenters. The van der Waals surface area contributed by atoms with Gasteiger partial charge >= 0.3 is 0 Å². The van der Waals surface area contributed by atoms with Crippen LogP contribution >= 0.6 is 0 Å². The predicted octanol–water partition coefficient (Wildman–Crippen LogP) is 4.16. The van der Waals surface area contributed by atoms with E-state index in [1.54, 1.807) is 30.6 Å². The molecule has 6 rings (SSSR count). The molecule has 212 valence electrons. The van der Waals surface area contributed by atoms with Crippen LogP contribution in [0.3, 0.4) is 0 Å². The number of carbonyl (C=O) groups is 2. The zero-order valence-corrected chi connectivity index (χ0v) is 23.0. The molecule has 2 aromatic carbocycles. The molecule has 2 aliphatic heterocycles. The fourth-order valence-electron chi connectivity index (χ4n) is 6.00. The third kappa shape index (κ3) is 5.52. The Morgan fingerprint density at radius 2 is 1.90 bits per heavy atom. The number of hydrogen-bond acceptors (Lipinski definition) is 6. The summed E-state index contributed by atoms with van der Waals surface area (Å²) in [6, 6.07) is 13.4. The average molecular weight is 557 g/mol. The molecule has 0 bridgehead atoms. The fraction of sp³-hybridized carbons (Fsp3) is 0.355. The number of hydrogen-bond donors (Lipinski definition) is 2. The number of piperidine rings is 1. The van der Waals surface area contributed by atoms with E-state index in [9.17, 15) is 14.0 Å². The number of aromatic nitrogens is 3. The van der Waals surface area contributed by atoms with Crippen LogP contribution in [0.5, 0.6) is 5.75 Å². The van der Waals surface area contributed by atoms with Gasteiger partial charge in [0, 0.05) is 66.7 Å². The van der Waals surface area contributed by atoms with Gasteiger partial charge in [-0.15, -0.1) is 0 Å². The number of aromatic amines is 1. The predicted molar refractivity (Wildman–Crippen MR) is 153 cm³/mol. The maximum atomic E-state index is 14.9. The standard InChI is InChI=1S/C31H33FN6O3/c1-41-28-6-4-5-25(32)24(28)19-38-18-22(8-10-27(38)31(40)37-15-2-3-16-37)34-30(39)21-7-9-26-23(17-21)29(36-35-26)20-11-13-33-14-12-20/h4-7,9,11-14,17,22,27H,2-3,8,10,15-16,18-19H2,1H3,(H,34,39)(H,35,36)/t22-,27+/m1/s1. The van der Waals surface area contributed by atoms with Crippen molar-refractivity contribution in [2.24, 2.45) is 0 Å². The van der Waals surface area contributed by atoms with Crippen LogP contribution in [0.4, 0.5) is 4.39 Å². The van der Waals surface area contributed by atoms with Gasteiger partial charge in [0.1, 0.15) is 17.3 Å². The SMILES string of the molecule is COc1cccc(F)c1CN1C[C@H](NC(=O)c2ccc3[nH]nc(-c4ccncc4)c3c2)CC[C@H]1C(=O)N1CCCC1. The molecule has 4 aromatic rings. The number of halogens is 1. The molecule has 2 fully saturated rings. The second-order valence-electron chi connectivity index (χ2n) is 10.7. The summed E-state index contributed by atoms with van der Waals surface area (Å²) < 4.78 is 20.4. The Balaban J connectivity index is 1.22. The Bertz CT molecular complexity index is 1550. The topological polar surface area (TPSA) is 103 Å². The molecule has 9 nitrogen and oxygen atoms in total. The number of fused-ring (bicyclic) bond motifs is 1. The first kappa shape index (κ1) is 26.9. The first-order valence-electron chi connectivity index (χ1n) is 14.1. The van der Waals surface area contributed by atoms with Crippen molar-refractivity contribution in [2.75, 3.05) is 26.7 Å². The summed E-state index contributed by atoms with van der Waals surface area (Å²) in [6.45, 7) is 2.14. The summed E-state index contributed by atoms with van der Waals surface area (Å²) >= 11 is 0. The number of methoxy groups -OCH3 is 1. The third-order valence-electron chi connectivity index (χ3n) is 8.16. The van der Waals surface area contributed by atoms with E-state index in [0.29, 0.717) is 36.3 Å². The van der Waals surface area contributed by atoms with Gasteiger partial charge in [-0.1, -0.05) is 6.07 Å². The van der Waals surface area contributed by atoms with E-state index in [4.69, 9.17) is 4.74 Å². The van der Waals surface area contributed by atoms with E-state index in [1.165, 1.54) is 13.2 Å². The van der Waals surface area contributed by atoms with Crippen molar-refractivity contribution in [3.8, 4) is 17.0 Å². The number of H-pyrrole nitrogens is 1. The van der Waals surface area contributed by atoms with Gasteiger partial charge < -0.3 is 15.0 Å². The Morgan fingerprint density at radius 1 is 1.10 bits per heavy atom. The van der Waals surface area contributed by atoms with E-state index >= 15 is 0 Å². The van der Waals surface area contributed by atoms with Gasteiger partial charge in [0.25, 0.3) is 5.91 Å². The molecule has 10 heteroatoms. The zero-order valence-electron chi connectivity index (χ0n) is 23.0. The second-order valence-corrected chi connectivity index (χ2v) is 10.7. The molecular weight excluding hydrogens is 523 g/mol. The van der Waals surface area contributed by atoms with Crippen molar-refractivity contribution >= 4 is 22.7 Å². The molecule has 0 saturated carbocycles. The van der Waals surface area contributed by atoms with Gasteiger partial charge in [-0.05, 0) is 68.1 Å². The molecule has 2 amide bonds. The molecule has 41 heavy (non-hydrogen) atoms. The first-order chi connectivity index (χ1) is 20.0. The third-order valence-corrected chi connectivity index (χ3v) is 8.16. The zero-order chi connectivity index (χ0) is 28.3. The number of nitrogens with one attached hydrogen (secondary N) is 2. The normalized spacial score (nSPS) is 19.4. The van der Waals surface area contributed by atoms with Crippen LogP contribution in [0.2, 0.25) is 0 Å². The summed E-state index contributed by atoms with van der Waals surface area (Å²) in [5, 5.41) is 11.5. The highest BCUT2D eigenvalue weighted by molar-refractivity contribution is 6.01. The number of rotatable bonds is 7. The quantitative estimate of drug-likeness (QED) is 0.355. The monoisotopic (exact) mass is 556 g/mol. The van der Waals surface area contributed by atoms with Crippen LogP contribution in [0.15, 0.2) is 60.9 Å². The minimum atomic E-state index is -0.379. The van der Waals surface area contributed by atoms with Gasteiger partial charge in [-0.3, -0.25) is 24.6 Å². The lowest BCUT2D eigenvalue weighted by Gasteiger charge is -2.40. The molecule has 2 N–H and O–H groups in total. The highest BCUT2D eigenvalue weighted by Gasteiger charge is 2.37. The van der Waals surface area contributed by atoms with Crippen molar-refractivity contribution in [1.82, 2.24) is 30.3 Å².